The first kappa shape index (κ1) is 13.0. The van der Waals surface area contributed by atoms with Gasteiger partial charge in [0.15, 0.2) is 0 Å². The second kappa shape index (κ2) is 5.86. The van der Waals surface area contributed by atoms with Crippen LogP contribution in [0, 0.1) is 11.3 Å². The normalized spacial score (nSPS) is 21.4. The molecule has 15 heavy (non-hydrogen) atoms. The van der Waals surface area contributed by atoms with E-state index >= 15 is 0 Å². The summed E-state index contributed by atoms with van der Waals surface area (Å²) in [6, 6.07) is 0.613. The second-order valence-electron chi connectivity index (χ2n) is 5.68. The molecule has 1 fully saturated rings. The van der Waals surface area contributed by atoms with Gasteiger partial charge < -0.3 is 10.1 Å². The quantitative estimate of drug-likeness (QED) is 0.702. The number of ether oxygens (including phenoxy) is 1. The average Bonchev–Trinajstić information content (AvgIpc) is 2.14. The third-order valence-corrected chi connectivity index (χ3v) is 3.79. The molecule has 2 heteroatoms. The number of methoxy groups -OCH3 is 1. The van der Waals surface area contributed by atoms with Crippen molar-refractivity contribution in [2.45, 2.75) is 52.5 Å². The Morgan fingerprint density at radius 3 is 2.40 bits per heavy atom. The van der Waals surface area contributed by atoms with Gasteiger partial charge in [-0.15, -0.1) is 0 Å². The van der Waals surface area contributed by atoms with E-state index in [-0.39, 0.29) is 0 Å². The Morgan fingerprint density at radius 1 is 1.33 bits per heavy atom. The lowest BCUT2D eigenvalue weighted by Gasteiger charge is -2.40. The molecule has 0 saturated heterocycles. The average molecular weight is 213 g/mol. The molecule has 1 N–H and O–H groups in total. The summed E-state index contributed by atoms with van der Waals surface area (Å²) in [6.45, 7) is 9.02. The molecule has 0 radical (unpaired) electrons. The molecule has 1 unspecified atom stereocenters. The van der Waals surface area contributed by atoms with Crippen molar-refractivity contribution in [3.8, 4) is 0 Å². The van der Waals surface area contributed by atoms with E-state index in [1.807, 2.05) is 0 Å². The zero-order valence-electron chi connectivity index (χ0n) is 10.8. The number of hydrogen-bond acceptors (Lipinski definition) is 2. The van der Waals surface area contributed by atoms with E-state index < -0.39 is 0 Å². The summed E-state index contributed by atoms with van der Waals surface area (Å²) in [6.07, 6.45) is 5.34. The maximum absolute atomic E-state index is 5.15. The van der Waals surface area contributed by atoms with Crippen LogP contribution in [0.15, 0.2) is 0 Å². The molecular formula is C13H27NO. The SMILES string of the molecule is COCCC(NCC1(C)CCC1)C(C)C. The third-order valence-electron chi connectivity index (χ3n) is 3.79. The maximum atomic E-state index is 5.15. The van der Waals surface area contributed by atoms with Crippen LogP contribution in [-0.2, 0) is 4.74 Å². The topological polar surface area (TPSA) is 21.3 Å². The van der Waals surface area contributed by atoms with Crippen molar-refractivity contribution in [1.82, 2.24) is 5.32 Å². The Hall–Kier alpha value is -0.0800. The fourth-order valence-electron chi connectivity index (χ4n) is 2.25. The minimum atomic E-state index is 0.584. The van der Waals surface area contributed by atoms with E-state index in [2.05, 4.69) is 26.1 Å². The highest BCUT2D eigenvalue weighted by Crippen LogP contribution is 2.39. The predicted molar refractivity (Wildman–Crippen MR) is 65.1 cm³/mol. The highest BCUT2D eigenvalue weighted by Gasteiger charge is 2.32. The van der Waals surface area contributed by atoms with Crippen LogP contribution in [0.4, 0.5) is 0 Å². The van der Waals surface area contributed by atoms with Crippen molar-refractivity contribution in [1.29, 1.82) is 0 Å². The molecule has 2 nitrogen and oxygen atoms in total. The van der Waals surface area contributed by atoms with E-state index in [4.69, 9.17) is 4.74 Å². The highest BCUT2D eigenvalue weighted by atomic mass is 16.5. The molecule has 1 saturated carbocycles. The van der Waals surface area contributed by atoms with Crippen molar-refractivity contribution < 1.29 is 4.74 Å². The van der Waals surface area contributed by atoms with Gasteiger partial charge >= 0.3 is 0 Å². The van der Waals surface area contributed by atoms with E-state index in [1.54, 1.807) is 7.11 Å². The van der Waals surface area contributed by atoms with Gasteiger partial charge in [-0.3, -0.25) is 0 Å². The van der Waals surface area contributed by atoms with Crippen LogP contribution in [0.25, 0.3) is 0 Å². The number of nitrogens with one attached hydrogen (secondary N) is 1. The highest BCUT2D eigenvalue weighted by molar-refractivity contribution is 4.86. The molecule has 1 atom stereocenters. The Balaban J connectivity index is 2.24. The molecule has 0 aromatic heterocycles. The van der Waals surface area contributed by atoms with Crippen molar-refractivity contribution >= 4 is 0 Å². The lowest BCUT2D eigenvalue weighted by atomic mass is 9.70. The summed E-state index contributed by atoms with van der Waals surface area (Å²) in [7, 11) is 1.78. The summed E-state index contributed by atoms with van der Waals surface area (Å²) < 4.78 is 5.15. The molecule has 90 valence electrons. The lowest BCUT2D eigenvalue weighted by molar-refractivity contribution is 0.132. The van der Waals surface area contributed by atoms with Gasteiger partial charge in [0, 0.05) is 26.3 Å². The molecule has 1 aliphatic carbocycles. The fourth-order valence-corrected chi connectivity index (χ4v) is 2.25. The lowest BCUT2D eigenvalue weighted by Crippen LogP contribution is -2.44. The second-order valence-corrected chi connectivity index (χ2v) is 5.68. The summed E-state index contributed by atoms with van der Waals surface area (Å²) in [4.78, 5) is 0. The molecule has 1 aliphatic rings. The first-order valence-corrected chi connectivity index (χ1v) is 6.30. The van der Waals surface area contributed by atoms with Gasteiger partial charge in [0.2, 0.25) is 0 Å². The smallest absolute Gasteiger partial charge is 0.0477 e. The molecule has 0 amide bonds. The molecule has 0 aromatic carbocycles. The van der Waals surface area contributed by atoms with Crippen LogP contribution in [0.5, 0.6) is 0 Å². The molecule has 0 spiro atoms. The van der Waals surface area contributed by atoms with Gasteiger partial charge in [-0.05, 0) is 30.6 Å². The third kappa shape index (κ3) is 4.12. The van der Waals surface area contributed by atoms with E-state index in [0.29, 0.717) is 17.4 Å². The van der Waals surface area contributed by atoms with Crippen molar-refractivity contribution in [2.24, 2.45) is 11.3 Å². The van der Waals surface area contributed by atoms with Crippen molar-refractivity contribution in [2.75, 3.05) is 20.3 Å². The number of hydrogen-bond donors (Lipinski definition) is 1. The molecule has 0 aromatic rings. The van der Waals surface area contributed by atoms with Crippen molar-refractivity contribution in [3.05, 3.63) is 0 Å². The molecule has 1 rings (SSSR count). The van der Waals surface area contributed by atoms with E-state index in [0.717, 1.165) is 13.0 Å². The van der Waals surface area contributed by atoms with Gasteiger partial charge in [-0.25, -0.2) is 0 Å². The molecule has 0 heterocycles. The largest absolute Gasteiger partial charge is 0.385 e. The van der Waals surface area contributed by atoms with Crippen LogP contribution >= 0.6 is 0 Å². The van der Waals surface area contributed by atoms with Crippen LogP contribution in [0.1, 0.15) is 46.5 Å². The first-order chi connectivity index (χ1) is 7.07. The van der Waals surface area contributed by atoms with Crippen LogP contribution in [-0.4, -0.2) is 26.3 Å². The Labute approximate surface area is 94.8 Å². The van der Waals surface area contributed by atoms with Crippen LogP contribution < -0.4 is 5.32 Å². The summed E-state index contributed by atoms with van der Waals surface area (Å²) in [5.74, 6) is 0.698. The summed E-state index contributed by atoms with van der Waals surface area (Å²) >= 11 is 0. The minimum absolute atomic E-state index is 0.584. The zero-order valence-corrected chi connectivity index (χ0v) is 10.8. The van der Waals surface area contributed by atoms with Gasteiger partial charge in [-0.1, -0.05) is 27.2 Å². The van der Waals surface area contributed by atoms with Gasteiger partial charge in [0.05, 0.1) is 0 Å². The summed E-state index contributed by atoms with van der Waals surface area (Å²) in [5, 5.41) is 3.72. The minimum Gasteiger partial charge on any atom is -0.385 e. The number of rotatable bonds is 7. The van der Waals surface area contributed by atoms with E-state index in [9.17, 15) is 0 Å². The Kier molecular flexibility index (Phi) is 5.07. The molecule has 0 aliphatic heterocycles. The van der Waals surface area contributed by atoms with Gasteiger partial charge in [0.1, 0.15) is 0 Å². The fraction of sp³-hybridized carbons (Fsp3) is 1.00. The standard InChI is InChI=1S/C13H27NO/c1-11(2)12(6-9-15-4)14-10-13(3)7-5-8-13/h11-12,14H,5-10H2,1-4H3. The van der Waals surface area contributed by atoms with E-state index in [1.165, 1.54) is 25.8 Å². The Bertz CT molecular complexity index is 175. The molecule has 0 bridgehead atoms. The summed E-state index contributed by atoms with van der Waals surface area (Å²) in [5.41, 5.74) is 0.584. The monoisotopic (exact) mass is 213 g/mol. The van der Waals surface area contributed by atoms with Crippen molar-refractivity contribution in [3.63, 3.8) is 0 Å². The van der Waals surface area contributed by atoms with Crippen LogP contribution in [0.2, 0.25) is 0 Å². The maximum Gasteiger partial charge on any atom is 0.0477 e. The first-order valence-electron chi connectivity index (χ1n) is 6.30. The zero-order chi connectivity index (χ0) is 11.3. The molecular weight excluding hydrogens is 186 g/mol. The Morgan fingerprint density at radius 2 is 2.00 bits per heavy atom. The predicted octanol–water partition coefficient (Wildman–Crippen LogP) is 2.83. The van der Waals surface area contributed by atoms with Gasteiger partial charge in [0.25, 0.3) is 0 Å². The van der Waals surface area contributed by atoms with Gasteiger partial charge in [-0.2, -0.15) is 0 Å². The van der Waals surface area contributed by atoms with Crippen LogP contribution in [0.3, 0.4) is 0 Å².